The van der Waals surface area contributed by atoms with Crippen molar-refractivity contribution in [2.45, 2.75) is 23.6 Å². The Morgan fingerprint density at radius 3 is 2.72 bits per heavy atom. The average Bonchev–Trinajstić information content (AvgIpc) is 2.75. The van der Waals surface area contributed by atoms with E-state index in [2.05, 4.69) is 4.72 Å². The minimum Gasteiger partial charge on any atom is -0.260 e. The van der Waals surface area contributed by atoms with E-state index in [9.17, 15) is 12.6 Å². The van der Waals surface area contributed by atoms with Gasteiger partial charge in [0.25, 0.3) is 0 Å². The van der Waals surface area contributed by atoms with Crippen molar-refractivity contribution in [3.63, 3.8) is 0 Å². The summed E-state index contributed by atoms with van der Waals surface area (Å²) in [5, 5.41) is 8.66. The summed E-state index contributed by atoms with van der Waals surface area (Å²) in [5.74, 6) is 0.456. The third kappa shape index (κ3) is 4.49. The lowest BCUT2D eigenvalue weighted by atomic mass is 10.3. The van der Waals surface area contributed by atoms with Crippen molar-refractivity contribution < 1.29 is 12.6 Å². The molecule has 1 N–H and O–H groups in total. The Hall–Kier alpha value is -0.750. The maximum Gasteiger partial charge on any atom is 0.250 e. The van der Waals surface area contributed by atoms with Crippen molar-refractivity contribution in [3.05, 3.63) is 17.0 Å². The normalized spacial score (nSPS) is 14.9. The van der Waals surface area contributed by atoms with Crippen molar-refractivity contribution in [1.82, 2.24) is 4.72 Å². The number of rotatable bonds is 6. The van der Waals surface area contributed by atoms with Gasteiger partial charge in [-0.25, -0.2) is 13.1 Å². The third-order valence-corrected chi connectivity index (χ3v) is 6.03. The largest absolute Gasteiger partial charge is 0.260 e. The second-order valence-corrected chi connectivity index (χ2v) is 8.40. The van der Waals surface area contributed by atoms with E-state index >= 15 is 0 Å². The van der Waals surface area contributed by atoms with Crippen LogP contribution in [-0.4, -0.2) is 30.7 Å². The van der Waals surface area contributed by atoms with Gasteiger partial charge in [0.05, 0.1) is 0 Å². The summed E-state index contributed by atoms with van der Waals surface area (Å²) in [6.45, 7) is 1.73. The van der Waals surface area contributed by atoms with E-state index in [1.807, 2.05) is 6.07 Å². The number of nitriles is 1. The second kappa shape index (κ2) is 6.43. The van der Waals surface area contributed by atoms with Crippen LogP contribution in [0.3, 0.4) is 0 Å². The molecule has 0 aliphatic heterocycles. The molecule has 0 amide bonds. The molecule has 1 aromatic rings. The molecule has 0 bridgehead atoms. The summed E-state index contributed by atoms with van der Waals surface area (Å²) < 4.78 is 37.4. The molecular weight excluding hydrogens is 292 g/mol. The number of nitrogens with one attached hydrogen (secondary N) is 1. The highest BCUT2D eigenvalue weighted by atomic mass is 32.2. The predicted molar refractivity (Wildman–Crippen MR) is 72.4 cm³/mol. The van der Waals surface area contributed by atoms with Crippen molar-refractivity contribution in [1.29, 1.82) is 5.26 Å². The zero-order chi connectivity index (χ0) is 13.8. The van der Waals surface area contributed by atoms with E-state index in [0.717, 1.165) is 11.3 Å². The van der Waals surface area contributed by atoms with Gasteiger partial charge in [0, 0.05) is 28.9 Å². The molecule has 2 unspecified atom stereocenters. The number of hydrogen-bond donors (Lipinski definition) is 1. The Morgan fingerprint density at radius 2 is 2.22 bits per heavy atom. The average molecular weight is 306 g/mol. The lowest BCUT2D eigenvalue weighted by Gasteiger charge is -2.12. The van der Waals surface area contributed by atoms with E-state index < -0.39 is 20.8 Å². The van der Waals surface area contributed by atoms with Crippen LogP contribution in [0.4, 0.5) is 0 Å². The summed E-state index contributed by atoms with van der Waals surface area (Å²) in [7, 11) is -4.51. The highest BCUT2D eigenvalue weighted by Crippen LogP contribution is 2.20. The molecule has 18 heavy (non-hydrogen) atoms. The van der Waals surface area contributed by atoms with Gasteiger partial charge < -0.3 is 0 Å². The lowest BCUT2D eigenvalue weighted by Crippen LogP contribution is -2.33. The van der Waals surface area contributed by atoms with Gasteiger partial charge in [-0.3, -0.25) is 4.21 Å². The summed E-state index contributed by atoms with van der Waals surface area (Å²) in [4.78, 5) is 0.359. The van der Waals surface area contributed by atoms with Gasteiger partial charge in [-0.15, -0.1) is 11.3 Å². The Labute approximate surface area is 113 Å². The monoisotopic (exact) mass is 306 g/mol. The van der Waals surface area contributed by atoms with E-state index in [1.165, 1.54) is 12.1 Å². The number of hydrogen-bond acceptors (Lipinski definition) is 5. The zero-order valence-corrected chi connectivity index (χ0v) is 12.5. The quantitative estimate of drug-likeness (QED) is 0.851. The van der Waals surface area contributed by atoms with E-state index in [4.69, 9.17) is 5.26 Å². The van der Waals surface area contributed by atoms with Gasteiger partial charge in [-0.05, 0) is 25.5 Å². The van der Waals surface area contributed by atoms with Crippen LogP contribution in [0.25, 0.3) is 0 Å². The van der Waals surface area contributed by atoms with Crippen molar-refractivity contribution in [2.24, 2.45) is 0 Å². The standard InChI is InChI=1S/C10H14N2O3S3/c1-8(5-6-17(2)13)12-18(14,15)10-4-3-9(7-11)16-10/h3-4,8,12H,5-6H2,1-2H3. The van der Waals surface area contributed by atoms with E-state index in [0.29, 0.717) is 17.1 Å². The van der Waals surface area contributed by atoms with Gasteiger partial charge >= 0.3 is 0 Å². The first-order valence-electron chi connectivity index (χ1n) is 5.17. The fourth-order valence-corrected chi connectivity index (χ4v) is 4.33. The second-order valence-electron chi connectivity index (χ2n) is 3.82. The summed E-state index contributed by atoms with van der Waals surface area (Å²) in [6, 6.07) is 4.50. The van der Waals surface area contributed by atoms with Gasteiger partial charge in [0.1, 0.15) is 15.2 Å². The molecule has 0 saturated carbocycles. The van der Waals surface area contributed by atoms with Crippen LogP contribution >= 0.6 is 11.3 Å². The molecule has 1 heterocycles. The molecule has 0 fully saturated rings. The minimum atomic E-state index is -3.58. The van der Waals surface area contributed by atoms with Gasteiger partial charge in [-0.1, -0.05) is 0 Å². The first-order chi connectivity index (χ1) is 8.35. The number of nitrogens with zero attached hydrogens (tertiary/aromatic N) is 1. The molecule has 0 aromatic carbocycles. The summed E-state index contributed by atoms with van der Waals surface area (Å²) >= 11 is 0.935. The molecule has 0 saturated heterocycles. The van der Waals surface area contributed by atoms with Crippen LogP contribution in [0.2, 0.25) is 0 Å². The number of thiophene rings is 1. The molecule has 0 spiro atoms. The maximum atomic E-state index is 11.9. The first-order valence-corrected chi connectivity index (χ1v) is 9.20. The van der Waals surface area contributed by atoms with Crippen LogP contribution in [-0.2, 0) is 20.8 Å². The maximum absolute atomic E-state index is 11.9. The Balaban J connectivity index is 2.70. The van der Waals surface area contributed by atoms with Gasteiger partial charge in [0.15, 0.2) is 0 Å². The Kier molecular flexibility index (Phi) is 5.47. The molecule has 0 aliphatic rings. The summed E-state index contributed by atoms with van der Waals surface area (Å²) in [5.41, 5.74) is 0. The highest BCUT2D eigenvalue weighted by Gasteiger charge is 2.19. The van der Waals surface area contributed by atoms with E-state index in [1.54, 1.807) is 13.2 Å². The Bertz CT molecular complexity index is 571. The van der Waals surface area contributed by atoms with Gasteiger partial charge in [0.2, 0.25) is 10.0 Å². The van der Waals surface area contributed by atoms with Crippen molar-refractivity contribution >= 4 is 32.2 Å². The molecule has 5 nitrogen and oxygen atoms in total. The van der Waals surface area contributed by atoms with Crippen molar-refractivity contribution in [2.75, 3.05) is 12.0 Å². The molecule has 1 aromatic heterocycles. The van der Waals surface area contributed by atoms with E-state index in [-0.39, 0.29) is 10.3 Å². The van der Waals surface area contributed by atoms with Crippen LogP contribution in [0.1, 0.15) is 18.2 Å². The molecule has 2 atom stereocenters. The van der Waals surface area contributed by atoms with Crippen LogP contribution in [0.15, 0.2) is 16.3 Å². The van der Waals surface area contributed by atoms with Crippen LogP contribution in [0.5, 0.6) is 0 Å². The Morgan fingerprint density at radius 1 is 1.56 bits per heavy atom. The fraction of sp³-hybridized carbons (Fsp3) is 0.500. The zero-order valence-electron chi connectivity index (χ0n) is 10.0. The summed E-state index contributed by atoms with van der Waals surface area (Å²) in [6.07, 6.45) is 2.10. The fourth-order valence-electron chi connectivity index (χ4n) is 1.25. The molecule has 8 heteroatoms. The third-order valence-electron chi connectivity index (χ3n) is 2.15. The van der Waals surface area contributed by atoms with Crippen LogP contribution in [0, 0.1) is 11.3 Å². The predicted octanol–water partition coefficient (Wildman–Crippen LogP) is 1.06. The number of sulfonamides is 1. The lowest BCUT2D eigenvalue weighted by molar-refractivity contribution is 0.557. The molecule has 0 radical (unpaired) electrons. The van der Waals surface area contributed by atoms with Crippen molar-refractivity contribution in [3.8, 4) is 6.07 Å². The highest BCUT2D eigenvalue weighted by molar-refractivity contribution is 7.91. The molecular formula is C10H14N2O3S3. The van der Waals surface area contributed by atoms with Gasteiger partial charge in [-0.2, -0.15) is 5.26 Å². The first kappa shape index (κ1) is 15.3. The smallest absolute Gasteiger partial charge is 0.250 e. The molecule has 1 rings (SSSR count). The molecule has 0 aliphatic carbocycles. The molecule has 100 valence electrons. The topological polar surface area (TPSA) is 87.0 Å². The SMILES string of the molecule is CC(CCS(C)=O)NS(=O)(=O)c1ccc(C#N)s1. The van der Waals surface area contributed by atoms with Crippen LogP contribution < -0.4 is 4.72 Å². The minimum absolute atomic E-state index is 0.128.